The van der Waals surface area contributed by atoms with Crippen LogP contribution in [0.2, 0.25) is 0 Å². The molecule has 3 aromatic rings. The average molecular weight is 360 g/mol. The summed E-state index contributed by atoms with van der Waals surface area (Å²) in [6.07, 6.45) is 0.192. The maximum atomic E-state index is 13.2. The van der Waals surface area contributed by atoms with Gasteiger partial charge < -0.3 is 14.8 Å². The molecule has 0 bridgehead atoms. The van der Waals surface area contributed by atoms with E-state index in [1.54, 1.807) is 18.2 Å². The molecule has 0 aliphatic rings. The molecule has 25 heavy (non-hydrogen) atoms. The topological polar surface area (TPSA) is 60.5 Å². The summed E-state index contributed by atoms with van der Waals surface area (Å²) in [6.45, 7) is 2.78. The van der Waals surface area contributed by atoms with Crippen LogP contribution in [0.5, 0.6) is 11.5 Å². The number of thiazole rings is 1. The number of nitrogens with zero attached hydrogens (tertiary/aromatic N) is 1. The summed E-state index contributed by atoms with van der Waals surface area (Å²) in [6, 6.07) is 11.6. The molecule has 1 aromatic heterocycles. The summed E-state index contributed by atoms with van der Waals surface area (Å²) in [5.41, 5.74) is 0.660. The quantitative estimate of drug-likeness (QED) is 0.684. The Bertz CT molecular complexity index is 864. The van der Waals surface area contributed by atoms with E-state index in [4.69, 9.17) is 9.47 Å². The molecule has 0 saturated heterocycles. The van der Waals surface area contributed by atoms with Gasteiger partial charge in [-0.05, 0) is 49.4 Å². The predicted molar refractivity (Wildman–Crippen MR) is 95.9 cm³/mol. The monoisotopic (exact) mass is 360 g/mol. The van der Waals surface area contributed by atoms with E-state index in [9.17, 15) is 9.18 Å². The molecule has 3 rings (SSSR count). The molecule has 1 amide bonds. The van der Waals surface area contributed by atoms with Crippen LogP contribution in [0, 0.1) is 5.82 Å². The first-order chi connectivity index (χ1) is 12.1. The normalized spacial score (nSPS) is 10.6. The molecule has 0 aliphatic carbocycles. The van der Waals surface area contributed by atoms with Crippen molar-refractivity contribution < 1.29 is 18.7 Å². The summed E-state index contributed by atoms with van der Waals surface area (Å²) in [5, 5.41) is 3.16. The van der Waals surface area contributed by atoms with Gasteiger partial charge in [0, 0.05) is 0 Å². The number of anilines is 1. The molecule has 130 valence electrons. The lowest BCUT2D eigenvalue weighted by Crippen LogP contribution is -2.15. The van der Waals surface area contributed by atoms with Gasteiger partial charge in [-0.1, -0.05) is 11.3 Å². The van der Waals surface area contributed by atoms with Gasteiger partial charge in [-0.2, -0.15) is 0 Å². The van der Waals surface area contributed by atoms with Gasteiger partial charge in [0.1, 0.15) is 17.3 Å². The van der Waals surface area contributed by atoms with Gasteiger partial charge in [-0.3, -0.25) is 4.79 Å². The Morgan fingerprint density at radius 2 is 1.88 bits per heavy atom. The number of aromatic nitrogens is 1. The second-order valence-corrected chi connectivity index (χ2v) is 6.21. The van der Waals surface area contributed by atoms with E-state index in [-0.39, 0.29) is 24.8 Å². The van der Waals surface area contributed by atoms with E-state index in [1.165, 1.54) is 23.5 Å². The maximum absolute atomic E-state index is 13.2. The van der Waals surface area contributed by atoms with Crippen LogP contribution in [0.15, 0.2) is 42.5 Å². The van der Waals surface area contributed by atoms with Crippen molar-refractivity contribution in [2.75, 3.05) is 18.5 Å². The lowest BCUT2D eigenvalue weighted by Gasteiger charge is -2.07. The standard InChI is InChI=1S/C18H17FN2O3S/c1-2-23-13-4-6-14(7-5-13)24-10-9-17(22)21-18-20-15-8-3-12(19)11-16(15)25-18/h3-8,11H,2,9-10H2,1H3,(H,20,21,22). The third-order valence-electron chi connectivity index (χ3n) is 3.33. The summed E-state index contributed by atoms with van der Waals surface area (Å²) in [7, 11) is 0. The molecular formula is C18H17FN2O3S. The molecule has 0 atom stereocenters. The number of fused-ring (bicyclic) bond motifs is 1. The zero-order valence-corrected chi connectivity index (χ0v) is 14.4. The van der Waals surface area contributed by atoms with E-state index < -0.39 is 0 Å². The summed E-state index contributed by atoms with van der Waals surface area (Å²) in [4.78, 5) is 16.2. The van der Waals surface area contributed by atoms with Gasteiger partial charge in [0.05, 0.1) is 29.9 Å². The minimum absolute atomic E-state index is 0.192. The molecule has 2 aromatic carbocycles. The number of hydrogen-bond acceptors (Lipinski definition) is 5. The van der Waals surface area contributed by atoms with Gasteiger partial charge >= 0.3 is 0 Å². The van der Waals surface area contributed by atoms with Gasteiger partial charge in [0.15, 0.2) is 5.13 Å². The van der Waals surface area contributed by atoms with Gasteiger partial charge in [-0.25, -0.2) is 9.37 Å². The zero-order chi connectivity index (χ0) is 17.6. The number of nitrogens with one attached hydrogen (secondary N) is 1. The lowest BCUT2D eigenvalue weighted by atomic mass is 10.3. The van der Waals surface area contributed by atoms with Gasteiger partial charge in [0.2, 0.25) is 5.91 Å². The summed E-state index contributed by atoms with van der Waals surface area (Å²) >= 11 is 1.24. The van der Waals surface area contributed by atoms with Crippen LogP contribution in [-0.2, 0) is 4.79 Å². The summed E-state index contributed by atoms with van der Waals surface area (Å²) in [5.74, 6) is 0.926. The predicted octanol–water partition coefficient (Wildman–Crippen LogP) is 4.24. The number of hydrogen-bond donors (Lipinski definition) is 1. The Kier molecular flexibility index (Phi) is 5.45. The zero-order valence-electron chi connectivity index (χ0n) is 13.6. The first-order valence-electron chi connectivity index (χ1n) is 7.85. The van der Waals surface area contributed by atoms with Crippen LogP contribution in [0.1, 0.15) is 13.3 Å². The van der Waals surface area contributed by atoms with Crippen molar-refractivity contribution in [3.05, 3.63) is 48.3 Å². The second-order valence-electron chi connectivity index (χ2n) is 5.18. The third-order valence-corrected chi connectivity index (χ3v) is 4.26. The molecule has 5 nitrogen and oxygen atoms in total. The van der Waals surface area contributed by atoms with Crippen molar-refractivity contribution in [1.82, 2.24) is 4.98 Å². The fraction of sp³-hybridized carbons (Fsp3) is 0.222. The molecular weight excluding hydrogens is 343 g/mol. The van der Waals surface area contributed by atoms with Gasteiger partial charge in [-0.15, -0.1) is 0 Å². The molecule has 1 N–H and O–H groups in total. The number of ether oxygens (including phenoxy) is 2. The Hall–Kier alpha value is -2.67. The lowest BCUT2D eigenvalue weighted by molar-refractivity contribution is -0.116. The molecule has 0 fully saturated rings. The van der Waals surface area contributed by atoms with Crippen LogP contribution in [-0.4, -0.2) is 24.1 Å². The third kappa shape index (κ3) is 4.67. The van der Waals surface area contributed by atoms with Crippen molar-refractivity contribution in [1.29, 1.82) is 0 Å². The average Bonchev–Trinajstić information content (AvgIpc) is 2.98. The largest absolute Gasteiger partial charge is 0.494 e. The van der Waals surface area contributed by atoms with Crippen molar-refractivity contribution >= 4 is 32.6 Å². The molecule has 7 heteroatoms. The first-order valence-corrected chi connectivity index (χ1v) is 8.67. The highest BCUT2D eigenvalue weighted by molar-refractivity contribution is 7.22. The van der Waals surface area contributed by atoms with Gasteiger partial charge in [0.25, 0.3) is 0 Å². The Balaban J connectivity index is 1.48. The smallest absolute Gasteiger partial charge is 0.229 e. The highest BCUT2D eigenvalue weighted by atomic mass is 32.1. The van der Waals surface area contributed by atoms with Crippen molar-refractivity contribution in [2.24, 2.45) is 0 Å². The number of rotatable bonds is 7. The molecule has 0 radical (unpaired) electrons. The Morgan fingerprint density at radius 1 is 1.16 bits per heavy atom. The molecule has 0 saturated carbocycles. The number of halogens is 1. The van der Waals surface area contributed by atoms with E-state index in [0.29, 0.717) is 27.7 Å². The maximum Gasteiger partial charge on any atom is 0.229 e. The van der Waals surface area contributed by atoms with E-state index in [0.717, 1.165) is 5.75 Å². The second kappa shape index (κ2) is 7.94. The minimum Gasteiger partial charge on any atom is -0.494 e. The molecule has 0 aliphatic heterocycles. The van der Waals surface area contributed by atoms with Crippen LogP contribution in [0.3, 0.4) is 0 Å². The Labute approximate surface area is 148 Å². The molecule has 0 spiro atoms. The van der Waals surface area contributed by atoms with Crippen molar-refractivity contribution in [3.63, 3.8) is 0 Å². The Morgan fingerprint density at radius 3 is 2.60 bits per heavy atom. The number of carbonyl (C=O) groups is 1. The van der Waals surface area contributed by atoms with Crippen LogP contribution < -0.4 is 14.8 Å². The minimum atomic E-state index is -0.321. The van der Waals surface area contributed by atoms with E-state index >= 15 is 0 Å². The summed E-state index contributed by atoms with van der Waals surface area (Å²) < 4.78 is 24.8. The van der Waals surface area contributed by atoms with E-state index in [2.05, 4.69) is 10.3 Å². The first kappa shape index (κ1) is 17.2. The fourth-order valence-electron chi connectivity index (χ4n) is 2.19. The number of amides is 1. The molecule has 0 unspecified atom stereocenters. The van der Waals surface area contributed by atoms with Crippen molar-refractivity contribution in [3.8, 4) is 11.5 Å². The van der Waals surface area contributed by atoms with Crippen LogP contribution in [0.4, 0.5) is 9.52 Å². The number of carbonyl (C=O) groups excluding carboxylic acids is 1. The highest BCUT2D eigenvalue weighted by Crippen LogP contribution is 2.26. The fourth-order valence-corrected chi connectivity index (χ4v) is 3.10. The van der Waals surface area contributed by atoms with E-state index in [1.807, 2.05) is 19.1 Å². The highest BCUT2D eigenvalue weighted by Gasteiger charge is 2.09. The number of benzene rings is 2. The van der Waals surface area contributed by atoms with Crippen LogP contribution in [0.25, 0.3) is 10.2 Å². The molecule has 1 heterocycles. The van der Waals surface area contributed by atoms with Crippen LogP contribution >= 0.6 is 11.3 Å². The SMILES string of the molecule is CCOc1ccc(OCCC(=O)Nc2nc3ccc(F)cc3s2)cc1. The van der Waals surface area contributed by atoms with Crippen molar-refractivity contribution in [2.45, 2.75) is 13.3 Å².